The van der Waals surface area contributed by atoms with Crippen LogP contribution < -0.4 is 4.90 Å². The van der Waals surface area contributed by atoms with E-state index >= 15 is 0 Å². The quantitative estimate of drug-likeness (QED) is 0.765. The van der Waals surface area contributed by atoms with Gasteiger partial charge in [0.25, 0.3) is 0 Å². The number of carbonyl (C=O) groups is 1. The van der Waals surface area contributed by atoms with Gasteiger partial charge in [-0.1, -0.05) is 6.07 Å². The normalized spacial score (nSPS) is 23.7. The Morgan fingerprint density at radius 3 is 2.70 bits per heavy atom. The molecule has 0 N–H and O–H groups in total. The van der Waals surface area contributed by atoms with Crippen LogP contribution in [0.25, 0.3) is 10.9 Å². The zero-order chi connectivity index (χ0) is 19.3. The first-order valence-corrected chi connectivity index (χ1v) is 8.82. The molecule has 2 aliphatic heterocycles. The number of anilines is 1. The van der Waals surface area contributed by atoms with Gasteiger partial charge in [0.15, 0.2) is 0 Å². The van der Waals surface area contributed by atoms with Gasteiger partial charge >= 0.3 is 6.18 Å². The number of hydrogen-bond acceptors (Lipinski definition) is 4. The van der Waals surface area contributed by atoms with Gasteiger partial charge in [0.05, 0.1) is 36.3 Å². The lowest BCUT2D eigenvalue weighted by Crippen LogP contribution is -2.43. The number of fused-ring (bicyclic) bond motifs is 4. The molecule has 2 fully saturated rings. The molecule has 0 unspecified atom stereocenters. The van der Waals surface area contributed by atoms with Gasteiger partial charge in [-0.3, -0.25) is 9.78 Å². The fourth-order valence-electron chi connectivity index (χ4n) is 3.87. The van der Waals surface area contributed by atoms with E-state index in [0.717, 1.165) is 17.8 Å². The molecule has 5 nitrogen and oxygen atoms in total. The monoisotopic (exact) mass is 379 g/mol. The molecule has 2 saturated heterocycles. The highest BCUT2D eigenvalue weighted by Crippen LogP contribution is 2.35. The van der Waals surface area contributed by atoms with Crippen LogP contribution in [0, 0.1) is 12.8 Å². The third kappa shape index (κ3) is 3.22. The van der Waals surface area contributed by atoms with Crippen LogP contribution in [-0.4, -0.2) is 55.2 Å². The molecule has 4 rings (SSSR count). The Balaban J connectivity index is 1.80. The first kappa shape index (κ1) is 18.0. The van der Waals surface area contributed by atoms with Crippen LogP contribution in [0.5, 0.6) is 0 Å². The van der Waals surface area contributed by atoms with Crippen molar-refractivity contribution in [3.05, 3.63) is 35.5 Å². The Morgan fingerprint density at radius 2 is 1.96 bits per heavy atom. The summed E-state index contributed by atoms with van der Waals surface area (Å²) in [5.41, 5.74) is 1.05. The minimum absolute atomic E-state index is 0.0504. The van der Waals surface area contributed by atoms with Gasteiger partial charge in [-0.25, -0.2) is 0 Å². The Kier molecular flexibility index (Phi) is 4.25. The topological polar surface area (TPSA) is 45.7 Å². The molecule has 3 heterocycles. The summed E-state index contributed by atoms with van der Waals surface area (Å²) in [6.07, 6.45) is -4.41. The van der Waals surface area contributed by atoms with E-state index < -0.39 is 11.7 Å². The fourth-order valence-corrected chi connectivity index (χ4v) is 3.87. The number of amides is 1. The Bertz CT molecular complexity index is 900. The minimum Gasteiger partial charge on any atom is -0.378 e. The van der Waals surface area contributed by atoms with Crippen molar-refractivity contribution in [1.29, 1.82) is 0 Å². The van der Waals surface area contributed by atoms with Gasteiger partial charge < -0.3 is 14.5 Å². The number of benzene rings is 1. The third-order valence-corrected chi connectivity index (χ3v) is 5.33. The summed E-state index contributed by atoms with van der Waals surface area (Å²) in [6.45, 7) is 3.62. The molecule has 1 amide bonds. The van der Waals surface area contributed by atoms with E-state index in [-0.39, 0.29) is 17.9 Å². The number of likely N-dealkylation sites (N-methyl/N-ethyl adjacent to an activating group) is 1. The van der Waals surface area contributed by atoms with Gasteiger partial charge in [-0.2, -0.15) is 13.2 Å². The lowest BCUT2D eigenvalue weighted by Gasteiger charge is -2.31. The predicted octanol–water partition coefficient (Wildman–Crippen LogP) is 2.86. The maximum atomic E-state index is 13.1. The molecule has 0 saturated carbocycles. The van der Waals surface area contributed by atoms with Crippen molar-refractivity contribution in [2.45, 2.75) is 19.1 Å². The maximum absolute atomic E-state index is 13.1. The number of ether oxygens (including phenoxy) is 1. The molecular formula is C19H20F3N3O2. The third-order valence-electron chi connectivity index (χ3n) is 5.33. The molecule has 2 aromatic rings. The van der Waals surface area contributed by atoms with Crippen LogP contribution in [0.1, 0.15) is 11.3 Å². The van der Waals surface area contributed by atoms with Crippen LogP contribution in [0.15, 0.2) is 24.3 Å². The van der Waals surface area contributed by atoms with Gasteiger partial charge in [-0.15, -0.1) is 0 Å². The number of pyridine rings is 1. The SMILES string of the molecule is Cc1cc(N2C[C@@H]3COC[C@H](C2)N(C)C3=O)c2ccc(C(F)(F)F)cc2n1. The van der Waals surface area contributed by atoms with Crippen LogP contribution in [0.3, 0.4) is 0 Å². The van der Waals surface area contributed by atoms with Crippen molar-refractivity contribution in [1.82, 2.24) is 9.88 Å². The second-order valence-corrected chi connectivity index (χ2v) is 7.25. The lowest BCUT2D eigenvalue weighted by atomic mass is 10.1. The van der Waals surface area contributed by atoms with Crippen molar-refractivity contribution in [3.8, 4) is 0 Å². The standard InChI is InChI=1S/C19H20F3N3O2/c1-11-5-17(15-4-3-13(19(20,21)22)6-16(15)23-11)25-7-12-9-27-10-14(8-25)24(2)18(12)26/h3-6,12,14H,7-10H2,1-2H3/t12-,14+/m1/s1. The Hall–Kier alpha value is -2.35. The number of aryl methyl sites for hydroxylation is 1. The number of nitrogens with zero attached hydrogens (tertiary/aromatic N) is 3. The van der Waals surface area contributed by atoms with Crippen molar-refractivity contribution in [3.63, 3.8) is 0 Å². The first-order chi connectivity index (χ1) is 12.7. The molecule has 144 valence electrons. The van der Waals surface area contributed by atoms with Gasteiger partial charge in [0, 0.05) is 36.9 Å². The number of aromatic nitrogens is 1. The summed E-state index contributed by atoms with van der Waals surface area (Å²) in [5, 5.41) is 0.657. The molecule has 2 bridgehead atoms. The van der Waals surface area contributed by atoms with Crippen LogP contribution in [0.4, 0.5) is 18.9 Å². The molecule has 0 spiro atoms. The number of carbonyl (C=O) groups excluding carboxylic acids is 1. The number of hydrogen-bond donors (Lipinski definition) is 0. The molecule has 0 radical (unpaired) electrons. The lowest BCUT2D eigenvalue weighted by molar-refractivity contribution is -0.137. The van der Waals surface area contributed by atoms with Gasteiger partial charge in [-0.05, 0) is 25.1 Å². The van der Waals surface area contributed by atoms with E-state index in [2.05, 4.69) is 9.88 Å². The summed E-state index contributed by atoms with van der Waals surface area (Å²) in [7, 11) is 1.78. The average Bonchev–Trinajstić information content (AvgIpc) is 2.78. The van der Waals surface area contributed by atoms with Crippen LogP contribution in [-0.2, 0) is 15.7 Å². The molecule has 1 aromatic heterocycles. The van der Waals surface area contributed by atoms with E-state index in [1.165, 1.54) is 6.07 Å². The smallest absolute Gasteiger partial charge is 0.378 e. The fraction of sp³-hybridized carbons (Fsp3) is 0.474. The summed E-state index contributed by atoms with van der Waals surface area (Å²) in [5.74, 6) is -0.241. The maximum Gasteiger partial charge on any atom is 0.416 e. The highest BCUT2D eigenvalue weighted by molar-refractivity contribution is 5.93. The molecule has 2 atom stereocenters. The van der Waals surface area contributed by atoms with E-state index in [1.807, 2.05) is 6.07 Å². The van der Waals surface area contributed by atoms with Crippen molar-refractivity contribution >= 4 is 22.5 Å². The summed E-state index contributed by atoms with van der Waals surface area (Å²) in [6, 6.07) is 5.43. The van der Waals surface area contributed by atoms with E-state index in [1.54, 1.807) is 18.9 Å². The zero-order valence-electron chi connectivity index (χ0n) is 15.1. The number of rotatable bonds is 1. The molecule has 27 heavy (non-hydrogen) atoms. The zero-order valence-corrected chi connectivity index (χ0v) is 15.1. The van der Waals surface area contributed by atoms with Crippen molar-refractivity contribution < 1.29 is 22.7 Å². The van der Waals surface area contributed by atoms with Crippen molar-refractivity contribution in [2.75, 3.05) is 38.3 Å². The summed E-state index contributed by atoms with van der Waals surface area (Å²) < 4.78 is 44.8. The van der Waals surface area contributed by atoms with Gasteiger partial charge in [0.2, 0.25) is 5.91 Å². The molecule has 1 aromatic carbocycles. The predicted molar refractivity (Wildman–Crippen MR) is 94.6 cm³/mol. The van der Waals surface area contributed by atoms with E-state index in [9.17, 15) is 18.0 Å². The second kappa shape index (κ2) is 6.37. The minimum atomic E-state index is -4.41. The molecular weight excluding hydrogens is 359 g/mol. The summed E-state index contributed by atoms with van der Waals surface area (Å²) >= 11 is 0. The van der Waals surface area contributed by atoms with E-state index in [4.69, 9.17) is 4.74 Å². The largest absolute Gasteiger partial charge is 0.416 e. The molecule has 8 heteroatoms. The molecule has 0 aliphatic carbocycles. The van der Waals surface area contributed by atoms with Crippen LogP contribution in [0.2, 0.25) is 0 Å². The second-order valence-electron chi connectivity index (χ2n) is 7.25. The Morgan fingerprint density at radius 1 is 1.19 bits per heavy atom. The van der Waals surface area contributed by atoms with E-state index in [0.29, 0.717) is 42.9 Å². The number of halogens is 3. The highest BCUT2D eigenvalue weighted by Gasteiger charge is 2.38. The average molecular weight is 379 g/mol. The van der Waals surface area contributed by atoms with Gasteiger partial charge in [0.1, 0.15) is 0 Å². The summed E-state index contributed by atoms with van der Waals surface area (Å²) in [4.78, 5) is 20.7. The van der Waals surface area contributed by atoms with Crippen LogP contribution >= 0.6 is 0 Å². The Labute approximate surface area is 154 Å². The highest BCUT2D eigenvalue weighted by atomic mass is 19.4. The van der Waals surface area contributed by atoms with Crippen molar-refractivity contribution in [2.24, 2.45) is 5.92 Å². The number of alkyl halides is 3. The first-order valence-electron chi connectivity index (χ1n) is 8.82. The molecule has 2 aliphatic rings.